The molecule has 0 radical (unpaired) electrons. The van der Waals surface area contributed by atoms with Gasteiger partial charge in [-0.2, -0.15) is 0 Å². The van der Waals surface area contributed by atoms with Gasteiger partial charge in [0.1, 0.15) is 6.10 Å². The number of nitrogens with one attached hydrogen (secondary N) is 1. The van der Waals surface area contributed by atoms with Crippen LogP contribution in [0.15, 0.2) is 24.3 Å². The van der Waals surface area contributed by atoms with Crippen LogP contribution in [0.4, 0.5) is 5.69 Å². The van der Waals surface area contributed by atoms with E-state index in [9.17, 15) is 9.59 Å². The van der Waals surface area contributed by atoms with Gasteiger partial charge < -0.3 is 19.9 Å². The van der Waals surface area contributed by atoms with E-state index < -0.39 is 6.10 Å². The van der Waals surface area contributed by atoms with Crippen molar-refractivity contribution in [3.8, 4) is 0 Å². The number of carbonyl (C=O) groups is 2. The molecule has 7 heteroatoms. The van der Waals surface area contributed by atoms with Gasteiger partial charge in [0.05, 0.1) is 6.54 Å². The van der Waals surface area contributed by atoms with Crippen molar-refractivity contribution < 1.29 is 14.3 Å². The molecule has 1 unspecified atom stereocenters. The highest BCUT2D eigenvalue weighted by atomic mass is 35.5. The van der Waals surface area contributed by atoms with E-state index in [-0.39, 0.29) is 18.4 Å². The van der Waals surface area contributed by atoms with Crippen molar-refractivity contribution in [3.05, 3.63) is 29.3 Å². The predicted octanol–water partition coefficient (Wildman–Crippen LogP) is 2.56. The highest BCUT2D eigenvalue weighted by Gasteiger charge is 2.22. The number of hydrogen-bond donors (Lipinski definition) is 1. The van der Waals surface area contributed by atoms with Gasteiger partial charge >= 0.3 is 0 Å². The summed E-state index contributed by atoms with van der Waals surface area (Å²) >= 11 is 6.04. The lowest BCUT2D eigenvalue weighted by molar-refractivity contribution is -0.137. The number of anilines is 1. The highest BCUT2D eigenvalue weighted by molar-refractivity contribution is 6.30. The first-order valence-electron chi connectivity index (χ1n) is 9.54. The number of nitrogens with zero attached hydrogens (tertiary/aromatic N) is 2. The van der Waals surface area contributed by atoms with E-state index in [0.29, 0.717) is 30.6 Å². The summed E-state index contributed by atoms with van der Waals surface area (Å²) in [5.74, 6) is 0.223. The largest absolute Gasteiger partial charge is 0.369 e. The molecular formula is C20H30ClN3O3. The molecule has 1 atom stereocenters. The lowest BCUT2D eigenvalue weighted by Gasteiger charge is -2.36. The third kappa shape index (κ3) is 7.03. The molecule has 1 N–H and O–H groups in total. The van der Waals surface area contributed by atoms with E-state index in [1.165, 1.54) is 0 Å². The molecule has 1 aliphatic heterocycles. The Hall–Kier alpha value is -1.79. The third-order valence-corrected chi connectivity index (χ3v) is 4.89. The molecule has 150 valence electrons. The highest BCUT2D eigenvalue weighted by Crippen LogP contribution is 2.20. The first kappa shape index (κ1) is 21.5. The molecule has 0 aromatic heterocycles. The molecule has 0 saturated carbocycles. The van der Waals surface area contributed by atoms with Crippen LogP contribution in [0.1, 0.15) is 27.2 Å². The molecule has 1 fully saturated rings. The maximum absolute atomic E-state index is 12.4. The Morgan fingerprint density at radius 1 is 1.19 bits per heavy atom. The van der Waals surface area contributed by atoms with E-state index in [1.54, 1.807) is 11.8 Å². The first-order chi connectivity index (χ1) is 12.9. The van der Waals surface area contributed by atoms with Crippen LogP contribution in [0.25, 0.3) is 0 Å². The minimum Gasteiger partial charge on any atom is -0.369 e. The molecular weight excluding hydrogens is 366 g/mol. The van der Waals surface area contributed by atoms with Gasteiger partial charge in [0.2, 0.25) is 11.8 Å². The van der Waals surface area contributed by atoms with Crippen LogP contribution < -0.4 is 10.2 Å². The second-order valence-electron chi connectivity index (χ2n) is 7.26. The second-order valence-corrected chi connectivity index (χ2v) is 7.70. The van der Waals surface area contributed by atoms with Crippen LogP contribution >= 0.6 is 11.6 Å². The average molecular weight is 396 g/mol. The van der Waals surface area contributed by atoms with Gasteiger partial charge in [0.25, 0.3) is 0 Å². The number of piperazine rings is 1. The Bertz CT molecular complexity index is 631. The number of rotatable bonds is 8. The topological polar surface area (TPSA) is 61.9 Å². The van der Waals surface area contributed by atoms with Gasteiger partial charge in [-0.3, -0.25) is 9.59 Å². The SMILES string of the molecule is CC(C)CCOC(C)C(=O)NCC(=O)N1CCN(c2cccc(Cl)c2)CC1. The van der Waals surface area contributed by atoms with Gasteiger partial charge in [0.15, 0.2) is 0 Å². The van der Waals surface area contributed by atoms with Crippen molar-refractivity contribution in [2.75, 3.05) is 44.2 Å². The van der Waals surface area contributed by atoms with Crippen LogP contribution in [0.2, 0.25) is 5.02 Å². The van der Waals surface area contributed by atoms with E-state index in [2.05, 4.69) is 24.1 Å². The summed E-state index contributed by atoms with van der Waals surface area (Å²) in [6.45, 7) is 9.23. The summed E-state index contributed by atoms with van der Waals surface area (Å²) < 4.78 is 5.51. The number of carbonyl (C=O) groups excluding carboxylic acids is 2. The number of ether oxygens (including phenoxy) is 1. The van der Waals surface area contributed by atoms with Gasteiger partial charge in [-0.15, -0.1) is 0 Å². The molecule has 2 amide bonds. The standard InChI is InChI=1S/C20H30ClN3O3/c1-15(2)7-12-27-16(3)20(26)22-14-19(25)24-10-8-23(9-11-24)18-6-4-5-17(21)13-18/h4-6,13,15-16H,7-12,14H2,1-3H3,(H,22,26). The Morgan fingerprint density at radius 2 is 1.89 bits per heavy atom. The zero-order valence-electron chi connectivity index (χ0n) is 16.4. The minimum absolute atomic E-state index is 0.00782. The van der Waals surface area contributed by atoms with Crippen molar-refractivity contribution in [2.24, 2.45) is 5.92 Å². The smallest absolute Gasteiger partial charge is 0.249 e. The van der Waals surface area contributed by atoms with Crippen LogP contribution in [-0.4, -0.2) is 62.1 Å². The maximum atomic E-state index is 12.4. The third-order valence-electron chi connectivity index (χ3n) is 4.65. The van der Waals surface area contributed by atoms with E-state index >= 15 is 0 Å². The Labute approximate surface area is 166 Å². The maximum Gasteiger partial charge on any atom is 0.249 e. The summed E-state index contributed by atoms with van der Waals surface area (Å²) in [6.07, 6.45) is 0.365. The number of benzene rings is 1. The molecule has 27 heavy (non-hydrogen) atoms. The van der Waals surface area contributed by atoms with Gasteiger partial charge in [-0.1, -0.05) is 31.5 Å². The van der Waals surface area contributed by atoms with Crippen LogP contribution in [-0.2, 0) is 14.3 Å². The van der Waals surface area contributed by atoms with E-state index in [1.807, 2.05) is 24.3 Å². The predicted molar refractivity (Wildman–Crippen MR) is 108 cm³/mol. The van der Waals surface area contributed by atoms with Crippen LogP contribution in [0.3, 0.4) is 0 Å². The number of amides is 2. The summed E-state index contributed by atoms with van der Waals surface area (Å²) in [6, 6.07) is 7.72. The lowest BCUT2D eigenvalue weighted by atomic mass is 10.1. The molecule has 1 heterocycles. The van der Waals surface area contributed by atoms with E-state index in [0.717, 1.165) is 25.2 Å². The van der Waals surface area contributed by atoms with Crippen LogP contribution in [0.5, 0.6) is 0 Å². The quantitative estimate of drug-likeness (QED) is 0.734. The molecule has 1 aliphatic rings. The van der Waals surface area contributed by atoms with E-state index in [4.69, 9.17) is 16.3 Å². The van der Waals surface area contributed by atoms with Crippen LogP contribution in [0, 0.1) is 5.92 Å². The number of hydrogen-bond acceptors (Lipinski definition) is 4. The molecule has 1 aromatic rings. The van der Waals surface area contributed by atoms with Crippen molar-refractivity contribution in [1.29, 1.82) is 0 Å². The second kappa shape index (κ2) is 10.5. The van der Waals surface area contributed by atoms with Crippen molar-refractivity contribution in [1.82, 2.24) is 10.2 Å². The normalized spacial score (nSPS) is 15.7. The molecule has 6 nitrogen and oxygen atoms in total. The molecule has 0 aliphatic carbocycles. The van der Waals surface area contributed by atoms with Gasteiger partial charge in [-0.05, 0) is 37.5 Å². The van der Waals surface area contributed by atoms with Crippen molar-refractivity contribution >= 4 is 29.1 Å². The molecule has 1 aromatic carbocycles. The molecule has 0 bridgehead atoms. The van der Waals surface area contributed by atoms with Crippen molar-refractivity contribution in [3.63, 3.8) is 0 Å². The zero-order chi connectivity index (χ0) is 19.8. The molecule has 2 rings (SSSR count). The summed E-state index contributed by atoms with van der Waals surface area (Å²) in [5, 5.41) is 3.39. The van der Waals surface area contributed by atoms with Gasteiger partial charge in [-0.25, -0.2) is 0 Å². The Kier molecular flexibility index (Phi) is 8.38. The monoisotopic (exact) mass is 395 g/mol. The Balaban J connectivity index is 1.70. The minimum atomic E-state index is -0.545. The molecule has 0 spiro atoms. The molecule has 1 saturated heterocycles. The summed E-state index contributed by atoms with van der Waals surface area (Å²) in [5.41, 5.74) is 1.07. The summed E-state index contributed by atoms with van der Waals surface area (Å²) in [4.78, 5) is 28.4. The summed E-state index contributed by atoms with van der Waals surface area (Å²) in [7, 11) is 0. The zero-order valence-corrected chi connectivity index (χ0v) is 17.2. The lowest BCUT2D eigenvalue weighted by Crippen LogP contribution is -2.51. The van der Waals surface area contributed by atoms with Crippen molar-refractivity contribution in [2.45, 2.75) is 33.3 Å². The number of halogens is 1. The van der Waals surface area contributed by atoms with Gasteiger partial charge in [0, 0.05) is 43.5 Å². The Morgan fingerprint density at radius 3 is 2.52 bits per heavy atom. The first-order valence-corrected chi connectivity index (χ1v) is 9.92. The fraction of sp³-hybridized carbons (Fsp3) is 0.600. The fourth-order valence-electron chi connectivity index (χ4n) is 2.86. The average Bonchev–Trinajstić information content (AvgIpc) is 2.65. The fourth-order valence-corrected chi connectivity index (χ4v) is 3.05.